The van der Waals surface area contributed by atoms with Crippen molar-refractivity contribution in [2.75, 3.05) is 12.4 Å². The summed E-state index contributed by atoms with van der Waals surface area (Å²) in [5.41, 5.74) is 1.02. The van der Waals surface area contributed by atoms with Gasteiger partial charge in [-0.1, -0.05) is 18.2 Å². The molecule has 0 aliphatic rings. The minimum Gasteiger partial charge on any atom is -0.496 e. The summed E-state index contributed by atoms with van der Waals surface area (Å²) in [5.74, 6) is 0.289. The summed E-state index contributed by atoms with van der Waals surface area (Å²) in [6.45, 7) is 0. The van der Waals surface area contributed by atoms with Crippen LogP contribution in [0.5, 0.6) is 5.75 Å². The number of rotatable bonds is 4. The molecule has 3 nitrogen and oxygen atoms in total. The highest BCUT2D eigenvalue weighted by atomic mass is 79.9. The molecule has 0 aromatic heterocycles. The number of anilines is 1. The number of para-hydroxylation sites is 1. The lowest BCUT2D eigenvalue weighted by Gasteiger charge is -2.15. The quantitative estimate of drug-likeness (QED) is 0.907. The van der Waals surface area contributed by atoms with Crippen LogP contribution in [0, 0.1) is 17.1 Å². The first-order chi connectivity index (χ1) is 9.65. The van der Waals surface area contributed by atoms with E-state index in [0.29, 0.717) is 11.4 Å². The van der Waals surface area contributed by atoms with Crippen molar-refractivity contribution in [1.82, 2.24) is 0 Å². The summed E-state index contributed by atoms with van der Waals surface area (Å²) in [7, 11) is 1.57. The Balaban J connectivity index is 2.27. The molecule has 0 bridgehead atoms. The van der Waals surface area contributed by atoms with Gasteiger partial charge in [0.25, 0.3) is 0 Å². The molecule has 0 saturated heterocycles. The van der Waals surface area contributed by atoms with E-state index in [9.17, 15) is 9.65 Å². The van der Waals surface area contributed by atoms with Crippen LogP contribution in [-0.4, -0.2) is 7.11 Å². The summed E-state index contributed by atoms with van der Waals surface area (Å²) in [6, 6.07) is 13.0. The third-order valence-electron chi connectivity index (χ3n) is 2.81. The van der Waals surface area contributed by atoms with E-state index in [1.165, 1.54) is 6.07 Å². The van der Waals surface area contributed by atoms with Crippen molar-refractivity contribution >= 4 is 21.6 Å². The molecule has 20 heavy (non-hydrogen) atoms. The molecule has 5 heteroatoms. The van der Waals surface area contributed by atoms with E-state index in [0.717, 1.165) is 10.0 Å². The Morgan fingerprint density at radius 2 is 2.05 bits per heavy atom. The first kappa shape index (κ1) is 14.4. The normalized spacial score (nSPS) is 11.5. The van der Waals surface area contributed by atoms with Gasteiger partial charge in [-0.2, -0.15) is 5.26 Å². The van der Waals surface area contributed by atoms with E-state index in [2.05, 4.69) is 27.3 Å². The topological polar surface area (TPSA) is 45.0 Å². The van der Waals surface area contributed by atoms with Gasteiger partial charge in [0.1, 0.15) is 17.6 Å². The maximum absolute atomic E-state index is 13.6. The maximum Gasteiger partial charge on any atom is 0.146 e. The summed E-state index contributed by atoms with van der Waals surface area (Å²) < 4.78 is 19.5. The smallest absolute Gasteiger partial charge is 0.146 e. The van der Waals surface area contributed by atoms with Gasteiger partial charge >= 0.3 is 0 Å². The predicted molar refractivity (Wildman–Crippen MR) is 79.1 cm³/mol. The second-order valence-electron chi connectivity index (χ2n) is 4.08. The fraction of sp³-hybridized carbons (Fsp3) is 0.133. The Hall–Kier alpha value is -2.06. The molecule has 0 radical (unpaired) electrons. The van der Waals surface area contributed by atoms with Crippen LogP contribution in [0.15, 0.2) is 46.9 Å². The van der Waals surface area contributed by atoms with Crippen molar-refractivity contribution in [3.8, 4) is 11.8 Å². The first-order valence-electron chi connectivity index (χ1n) is 5.90. The lowest BCUT2D eigenvalue weighted by Crippen LogP contribution is -2.09. The van der Waals surface area contributed by atoms with E-state index in [1.54, 1.807) is 43.5 Å². The average Bonchev–Trinajstić information content (AvgIpc) is 2.46. The SMILES string of the molecule is COc1ccc(C(C#N)Nc2ccccc2F)cc1Br. The molecule has 1 unspecified atom stereocenters. The molecule has 2 aromatic rings. The van der Waals surface area contributed by atoms with Crippen LogP contribution in [0.1, 0.15) is 11.6 Å². The highest BCUT2D eigenvalue weighted by Crippen LogP contribution is 2.29. The summed E-state index contributed by atoms with van der Waals surface area (Å²) in [4.78, 5) is 0. The monoisotopic (exact) mass is 334 g/mol. The van der Waals surface area contributed by atoms with Gasteiger partial charge in [0.2, 0.25) is 0 Å². The van der Waals surface area contributed by atoms with Crippen LogP contribution in [0.3, 0.4) is 0 Å². The number of halogens is 2. The van der Waals surface area contributed by atoms with Gasteiger partial charge < -0.3 is 10.1 Å². The number of hydrogen-bond acceptors (Lipinski definition) is 3. The molecule has 1 atom stereocenters. The molecule has 2 aromatic carbocycles. The highest BCUT2D eigenvalue weighted by molar-refractivity contribution is 9.10. The Bertz CT molecular complexity index is 655. The molecule has 0 aliphatic heterocycles. The third-order valence-corrected chi connectivity index (χ3v) is 3.43. The standard InChI is InChI=1S/C15H12BrFN2O/c1-20-15-7-6-10(8-11(15)16)14(9-18)19-13-5-3-2-4-12(13)17/h2-8,14,19H,1H3. The van der Waals surface area contributed by atoms with Gasteiger partial charge in [0.05, 0.1) is 23.3 Å². The molecule has 0 aliphatic carbocycles. The molecule has 2 rings (SSSR count). The van der Waals surface area contributed by atoms with Crippen LogP contribution in [0.25, 0.3) is 0 Å². The molecule has 0 saturated carbocycles. The van der Waals surface area contributed by atoms with Crippen LogP contribution in [0.4, 0.5) is 10.1 Å². The number of nitriles is 1. The number of nitrogens with one attached hydrogen (secondary N) is 1. The predicted octanol–water partition coefficient (Wildman–Crippen LogP) is 4.27. The van der Waals surface area contributed by atoms with Gasteiger partial charge in [-0.05, 0) is 45.8 Å². The van der Waals surface area contributed by atoms with E-state index >= 15 is 0 Å². The van der Waals surface area contributed by atoms with Crippen molar-refractivity contribution < 1.29 is 9.13 Å². The van der Waals surface area contributed by atoms with Gasteiger partial charge in [0, 0.05) is 0 Å². The fourth-order valence-corrected chi connectivity index (χ4v) is 2.34. The van der Waals surface area contributed by atoms with E-state index < -0.39 is 6.04 Å². The fourth-order valence-electron chi connectivity index (χ4n) is 1.79. The first-order valence-corrected chi connectivity index (χ1v) is 6.69. The minimum atomic E-state index is -0.644. The van der Waals surface area contributed by atoms with Gasteiger partial charge in [-0.25, -0.2) is 4.39 Å². The van der Waals surface area contributed by atoms with Crippen LogP contribution < -0.4 is 10.1 Å². The molecule has 102 valence electrons. The second kappa shape index (κ2) is 6.40. The molecule has 0 spiro atoms. The largest absolute Gasteiger partial charge is 0.496 e. The Labute approximate surface area is 125 Å². The summed E-state index contributed by atoms with van der Waals surface area (Å²) >= 11 is 3.37. The lowest BCUT2D eigenvalue weighted by atomic mass is 10.1. The van der Waals surface area contributed by atoms with Crippen molar-refractivity contribution in [2.24, 2.45) is 0 Å². The molecule has 0 amide bonds. The number of ether oxygens (including phenoxy) is 1. The zero-order chi connectivity index (χ0) is 14.5. The number of hydrogen-bond donors (Lipinski definition) is 1. The third kappa shape index (κ3) is 3.09. The highest BCUT2D eigenvalue weighted by Gasteiger charge is 2.14. The molecule has 0 fully saturated rings. The molecule has 1 N–H and O–H groups in total. The van der Waals surface area contributed by atoms with Crippen LogP contribution in [-0.2, 0) is 0 Å². The van der Waals surface area contributed by atoms with Crippen LogP contribution in [0.2, 0.25) is 0 Å². The van der Waals surface area contributed by atoms with Crippen molar-refractivity contribution in [2.45, 2.75) is 6.04 Å². The zero-order valence-electron chi connectivity index (χ0n) is 10.7. The molecular weight excluding hydrogens is 323 g/mol. The van der Waals surface area contributed by atoms with E-state index in [4.69, 9.17) is 4.74 Å². The number of benzene rings is 2. The summed E-state index contributed by atoms with van der Waals surface area (Å²) in [5, 5.41) is 12.1. The van der Waals surface area contributed by atoms with Crippen LogP contribution >= 0.6 is 15.9 Å². The van der Waals surface area contributed by atoms with Gasteiger partial charge in [-0.3, -0.25) is 0 Å². The maximum atomic E-state index is 13.6. The minimum absolute atomic E-state index is 0.297. The molecular formula is C15H12BrFN2O. The van der Waals surface area contributed by atoms with Crippen molar-refractivity contribution in [1.29, 1.82) is 5.26 Å². The van der Waals surface area contributed by atoms with E-state index in [-0.39, 0.29) is 5.82 Å². The van der Waals surface area contributed by atoms with E-state index in [1.807, 2.05) is 0 Å². The summed E-state index contributed by atoms with van der Waals surface area (Å²) in [6.07, 6.45) is 0. The lowest BCUT2D eigenvalue weighted by molar-refractivity contribution is 0.412. The second-order valence-corrected chi connectivity index (χ2v) is 4.93. The van der Waals surface area contributed by atoms with Gasteiger partial charge in [-0.15, -0.1) is 0 Å². The van der Waals surface area contributed by atoms with Gasteiger partial charge in [0.15, 0.2) is 0 Å². The number of nitrogens with zero attached hydrogens (tertiary/aromatic N) is 1. The Kier molecular flexibility index (Phi) is 4.59. The van der Waals surface area contributed by atoms with Crippen molar-refractivity contribution in [3.05, 3.63) is 58.3 Å². The zero-order valence-corrected chi connectivity index (χ0v) is 12.3. The Morgan fingerprint density at radius 1 is 1.30 bits per heavy atom. The Morgan fingerprint density at radius 3 is 2.65 bits per heavy atom. The van der Waals surface area contributed by atoms with Crippen molar-refractivity contribution in [3.63, 3.8) is 0 Å². The average molecular weight is 335 g/mol. The number of methoxy groups -OCH3 is 1. The molecule has 0 heterocycles.